The van der Waals surface area contributed by atoms with Crippen LogP contribution in [0.4, 0.5) is 0 Å². The van der Waals surface area contributed by atoms with E-state index in [1.807, 2.05) is 24.3 Å². The van der Waals surface area contributed by atoms with Crippen LogP contribution >= 0.6 is 0 Å². The highest BCUT2D eigenvalue weighted by molar-refractivity contribution is 5.91. The van der Waals surface area contributed by atoms with Crippen molar-refractivity contribution in [1.82, 2.24) is 9.97 Å². The molecule has 156 valence electrons. The lowest BCUT2D eigenvalue weighted by molar-refractivity contribution is 0.423. The molecular formula is C26H31N3O. The van der Waals surface area contributed by atoms with Crippen LogP contribution in [0, 0.1) is 25.2 Å². The molecule has 0 unspecified atom stereocenters. The summed E-state index contributed by atoms with van der Waals surface area (Å²) in [7, 11) is 0. The molecule has 0 aliphatic rings. The first-order valence-corrected chi connectivity index (χ1v) is 10.3. The molecule has 0 aliphatic heterocycles. The first-order chi connectivity index (χ1) is 13.8. The predicted molar refractivity (Wildman–Crippen MR) is 125 cm³/mol. The van der Waals surface area contributed by atoms with Crippen molar-refractivity contribution in [2.24, 2.45) is 0 Å². The molecule has 4 nitrogen and oxygen atoms in total. The molecule has 4 heteroatoms. The second kappa shape index (κ2) is 7.32. The Kier molecular flexibility index (Phi) is 5.28. The smallest absolute Gasteiger partial charge is 0.149 e. The van der Waals surface area contributed by atoms with Gasteiger partial charge in [0, 0.05) is 11.1 Å². The van der Waals surface area contributed by atoms with Gasteiger partial charge in [-0.15, -0.1) is 0 Å². The van der Waals surface area contributed by atoms with Gasteiger partial charge >= 0.3 is 0 Å². The van der Waals surface area contributed by atoms with Gasteiger partial charge in [-0.2, -0.15) is 5.26 Å². The number of nitriles is 1. The van der Waals surface area contributed by atoms with Crippen molar-refractivity contribution in [1.29, 1.82) is 5.26 Å². The maximum Gasteiger partial charge on any atom is 0.149 e. The van der Waals surface area contributed by atoms with Gasteiger partial charge in [0.25, 0.3) is 0 Å². The molecule has 0 spiro atoms. The molecule has 2 N–H and O–H groups in total. The number of benzene rings is 2. The third-order valence-corrected chi connectivity index (χ3v) is 5.53. The number of aromatic nitrogens is 2. The molecule has 0 aliphatic carbocycles. The van der Waals surface area contributed by atoms with Crippen molar-refractivity contribution in [3.8, 4) is 11.8 Å². The van der Waals surface area contributed by atoms with E-state index in [1.54, 1.807) is 0 Å². The number of allylic oxidation sites excluding steroid dienone is 1. The predicted octanol–water partition coefficient (Wildman–Crippen LogP) is 6.54. The zero-order chi connectivity index (χ0) is 22.4. The maximum absolute atomic E-state index is 10.9. The van der Waals surface area contributed by atoms with E-state index in [9.17, 15) is 10.4 Å². The molecule has 0 saturated heterocycles. The third kappa shape index (κ3) is 4.11. The molecule has 30 heavy (non-hydrogen) atoms. The van der Waals surface area contributed by atoms with Gasteiger partial charge in [-0.05, 0) is 71.7 Å². The topological polar surface area (TPSA) is 72.7 Å². The van der Waals surface area contributed by atoms with Gasteiger partial charge in [-0.1, -0.05) is 41.5 Å². The van der Waals surface area contributed by atoms with Gasteiger partial charge in [-0.25, -0.2) is 4.98 Å². The summed E-state index contributed by atoms with van der Waals surface area (Å²) in [6.45, 7) is 16.6. The van der Waals surface area contributed by atoms with Crippen LogP contribution in [0.15, 0.2) is 24.3 Å². The number of hydrogen-bond acceptors (Lipinski definition) is 3. The summed E-state index contributed by atoms with van der Waals surface area (Å²) < 4.78 is 0. The molecule has 1 heterocycles. The normalized spacial score (nSPS) is 13.0. The molecule has 1 aromatic heterocycles. The summed E-state index contributed by atoms with van der Waals surface area (Å²) in [5.41, 5.74) is 6.76. The summed E-state index contributed by atoms with van der Waals surface area (Å²) in [6.07, 6.45) is 1.85. The van der Waals surface area contributed by atoms with Crippen molar-refractivity contribution in [3.63, 3.8) is 0 Å². The number of phenolic OH excluding ortho intramolecular Hbond substituents is 1. The number of imidazole rings is 1. The maximum atomic E-state index is 10.9. The summed E-state index contributed by atoms with van der Waals surface area (Å²) in [5.74, 6) is 0.889. The van der Waals surface area contributed by atoms with E-state index < -0.39 is 0 Å². The number of aromatic hydroxyl groups is 1. The van der Waals surface area contributed by atoms with Crippen LogP contribution in [-0.4, -0.2) is 15.1 Å². The minimum Gasteiger partial charge on any atom is -0.507 e. The first-order valence-electron chi connectivity index (χ1n) is 10.3. The number of hydrogen-bond donors (Lipinski definition) is 2. The Morgan fingerprint density at radius 3 is 2.00 bits per heavy atom. The Hall–Kier alpha value is -3.06. The second-order valence-electron chi connectivity index (χ2n) is 10.2. The van der Waals surface area contributed by atoms with Gasteiger partial charge in [0.2, 0.25) is 0 Å². The summed E-state index contributed by atoms with van der Waals surface area (Å²) in [6, 6.07) is 10.3. The number of nitrogens with one attached hydrogen (secondary N) is 1. The average molecular weight is 402 g/mol. The minimum absolute atomic E-state index is 0.227. The number of nitrogens with zero attached hydrogens (tertiary/aromatic N) is 2. The molecule has 0 atom stereocenters. The van der Waals surface area contributed by atoms with Gasteiger partial charge in [0.1, 0.15) is 17.6 Å². The Morgan fingerprint density at radius 1 is 0.967 bits per heavy atom. The van der Waals surface area contributed by atoms with Gasteiger partial charge in [-0.3, -0.25) is 0 Å². The summed E-state index contributed by atoms with van der Waals surface area (Å²) >= 11 is 0. The lowest BCUT2D eigenvalue weighted by Gasteiger charge is -2.28. The fourth-order valence-corrected chi connectivity index (χ4v) is 3.60. The number of aromatic amines is 1. The van der Waals surface area contributed by atoms with Crippen LogP contribution in [0.5, 0.6) is 5.75 Å². The van der Waals surface area contributed by atoms with E-state index in [4.69, 9.17) is 0 Å². The first kappa shape index (κ1) is 21.6. The highest BCUT2D eigenvalue weighted by atomic mass is 16.3. The number of aryl methyl sites for hydroxylation is 2. The van der Waals surface area contributed by atoms with E-state index in [2.05, 4.69) is 77.5 Å². The number of rotatable bonds is 2. The summed E-state index contributed by atoms with van der Waals surface area (Å²) in [5, 5.41) is 20.8. The van der Waals surface area contributed by atoms with E-state index >= 15 is 0 Å². The van der Waals surface area contributed by atoms with E-state index in [0.29, 0.717) is 17.1 Å². The van der Waals surface area contributed by atoms with E-state index in [0.717, 1.165) is 27.7 Å². The van der Waals surface area contributed by atoms with Crippen molar-refractivity contribution < 1.29 is 5.11 Å². The van der Waals surface area contributed by atoms with Crippen molar-refractivity contribution in [2.45, 2.75) is 66.2 Å². The van der Waals surface area contributed by atoms with Crippen molar-refractivity contribution in [3.05, 3.63) is 57.9 Å². The van der Waals surface area contributed by atoms with Crippen LogP contribution < -0.4 is 0 Å². The quantitative estimate of drug-likeness (QED) is 0.479. The fraction of sp³-hybridized carbons (Fsp3) is 0.385. The van der Waals surface area contributed by atoms with Gasteiger partial charge < -0.3 is 10.1 Å². The standard InChI is InChI=1S/C26H31N3O/c1-15-9-21-22(10-16(15)2)29-24(28-21)18(14-27)11-17-12-19(25(3,4)5)23(30)20(13-17)26(6,7)8/h9-13,30H,1-8H3,(H,28,29)/b18-11+. The van der Waals surface area contributed by atoms with Crippen LogP contribution in [0.3, 0.4) is 0 Å². The Bertz CT molecular complexity index is 1120. The number of fused-ring (bicyclic) bond motifs is 1. The molecule has 0 bridgehead atoms. The monoisotopic (exact) mass is 401 g/mol. The van der Waals surface area contributed by atoms with Crippen LogP contribution in [0.1, 0.15) is 75.2 Å². The average Bonchev–Trinajstić information content (AvgIpc) is 3.01. The van der Waals surface area contributed by atoms with E-state index in [-0.39, 0.29) is 10.8 Å². The van der Waals surface area contributed by atoms with E-state index in [1.165, 1.54) is 11.1 Å². The highest BCUT2D eigenvalue weighted by Crippen LogP contribution is 2.40. The molecule has 2 aromatic carbocycles. The molecule has 3 rings (SSSR count). The largest absolute Gasteiger partial charge is 0.507 e. The van der Waals surface area contributed by atoms with Crippen molar-refractivity contribution >= 4 is 22.7 Å². The van der Waals surface area contributed by atoms with Crippen LogP contribution in [0.25, 0.3) is 22.7 Å². The summed E-state index contributed by atoms with van der Waals surface area (Å²) in [4.78, 5) is 7.93. The SMILES string of the molecule is Cc1cc2nc(/C(C#N)=C/c3cc(C(C)(C)C)c(O)c(C(C)(C)C)c3)[nH]c2cc1C. The molecule has 0 saturated carbocycles. The lowest BCUT2D eigenvalue weighted by Crippen LogP contribution is -2.17. The molecule has 0 radical (unpaired) electrons. The van der Waals surface area contributed by atoms with Gasteiger partial charge in [0.15, 0.2) is 0 Å². The molecule has 0 fully saturated rings. The third-order valence-electron chi connectivity index (χ3n) is 5.53. The van der Waals surface area contributed by atoms with Gasteiger partial charge in [0.05, 0.1) is 16.6 Å². The minimum atomic E-state index is -0.227. The second-order valence-corrected chi connectivity index (χ2v) is 10.2. The van der Waals surface area contributed by atoms with Crippen LogP contribution in [-0.2, 0) is 10.8 Å². The molecular weight excluding hydrogens is 370 g/mol. The zero-order valence-electron chi connectivity index (χ0n) is 19.2. The lowest BCUT2D eigenvalue weighted by atomic mass is 9.78. The molecule has 3 aromatic rings. The highest BCUT2D eigenvalue weighted by Gasteiger charge is 2.26. The molecule has 0 amide bonds. The Balaban J connectivity index is 2.20. The number of H-pyrrole nitrogens is 1. The Morgan fingerprint density at radius 2 is 1.50 bits per heavy atom. The van der Waals surface area contributed by atoms with Crippen molar-refractivity contribution in [2.75, 3.05) is 0 Å². The van der Waals surface area contributed by atoms with Crippen LogP contribution in [0.2, 0.25) is 0 Å². The zero-order valence-corrected chi connectivity index (χ0v) is 19.2. The number of phenols is 1. The Labute approximate surface area is 179 Å². The fourth-order valence-electron chi connectivity index (χ4n) is 3.60.